The first kappa shape index (κ1) is 21.8. The summed E-state index contributed by atoms with van der Waals surface area (Å²) in [6, 6.07) is 11.8. The number of anilines is 1. The van der Waals surface area contributed by atoms with Crippen LogP contribution in [0.1, 0.15) is 35.3 Å². The molecule has 2 atom stereocenters. The average molecular weight is 416 g/mol. The van der Waals surface area contributed by atoms with Gasteiger partial charge in [-0.3, -0.25) is 9.78 Å². The number of urea groups is 1. The second kappa shape index (κ2) is 9.73. The number of benzene rings is 1. The molecule has 1 N–H and O–H groups in total. The molecule has 2 amide bonds. The number of aromatic nitrogens is 1. The van der Waals surface area contributed by atoms with Gasteiger partial charge in [-0.1, -0.05) is 19.1 Å². The molecule has 1 aromatic carbocycles. The van der Waals surface area contributed by atoms with Crippen molar-refractivity contribution in [2.24, 2.45) is 5.92 Å². The van der Waals surface area contributed by atoms with E-state index in [9.17, 15) is 14.9 Å². The molecule has 1 aliphatic heterocycles. The molecule has 2 aromatic rings. The molecule has 31 heavy (non-hydrogen) atoms. The van der Waals surface area contributed by atoms with E-state index in [4.69, 9.17) is 5.26 Å². The number of hydrogen-bond acceptors (Lipinski definition) is 6. The summed E-state index contributed by atoms with van der Waals surface area (Å²) in [5.41, 5.74) is 2.36. The Balaban J connectivity index is 1.54. The minimum Gasteiger partial charge on any atom is -0.366 e. The first-order valence-corrected chi connectivity index (χ1v) is 10.1. The summed E-state index contributed by atoms with van der Waals surface area (Å²) in [6.07, 6.45) is 3.26. The Morgan fingerprint density at radius 1 is 1.03 bits per heavy atom. The summed E-state index contributed by atoms with van der Waals surface area (Å²) >= 11 is 0. The molecule has 8 heteroatoms. The van der Waals surface area contributed by atoms with Gasteiger partial charge < -0.3 is 15.1 Å². The highest BCUT2D eigenvalue weighted by Crippen LogP contribution is 2.20. The van der Waals surface area contributed by atoms with Crippen LogP contribution in [0.3, 0.4) is 0 Å². The van der Waals surface area contributed by atoms with Crippen molar-refractivity contribution < 1.29 is 9.59 Å². The number of pyridine rings is 1. The van der Waals surface area contributed by atoms with E-state index in [1.54, 1.807) is 54.5 Å². The molecule has 0 aliphatic carbocycles. The van der Waals surface area contributed by atoms with E-state index < -0.39 is 5.92 Å². The molecule has 1 saturated heterocycles. The second-order valence-corrected chi connectivity index (χ2v) is 7.56. The van der Waals surface area contributed by atoms with Gasteiger partial charge in [0.2, 0.25) is 0 Å². The molecule has 2 unspecified atom stereocenters. The Morgan fingerprint density at radius 3 is 2.32 bits per heavy atom. The topological polar surface area (TPSA) is 113 Å². The molecule has 3 rings (SSSR count). The molecule has 1 aliphatic rings. The van der Waals surface area contributed by atoms with Gasteiger partial charge >= 0.3 is 6.03 Å². The third kappa shape index (κ3) is 4.99. The van der Waals surface area contributed by atoms with Crippen LogP contribution in [0.4, 0.5) is 10.5 Å². The van der Waals surface area contributed by atoms with E-state index >= 15 is 0 Å². The summed E-state index contributed by atoms with van der Waals surface area (Å²) in [5, 5.41) is 21.1. The number of rotatable bonds is 5. The fourth-order valence-corrected chi connectivity index (χ4v) is 3.49. The van der Waals surface area contributed by atoms with Crippen molar-refractivity contribution in [2.45, 2.75) is 19.9 Å². The number of Topliss-reactive ketones (excluding diaryl/α,β-unsaturated/α-hetero) is 1. The van der Waals surface area contributed by atoms with Crippen LogP contribution in [0.5, 0.6) is 0 Å². The largest absolute Gasteiger partial charge is 0.366 e. The molecule has 8 nitrogen and oxygen atoms in total. The number of piperazine rings is 1. The maximum atomic E-state index is 12.7. The molecule has 1 aromatic heterocycles. The van der Waals surface area contributed by atoms with Gasteiger partial charge in [-0.2, -0.15) is 10.5 Å². The average Bonchev–Trinajstić information content (AvgIpc) is 2.83. The fraction of sp³-hybridized carbons (Fsp3) is 0.348. The monoisotopic (exact) mass is 416 g/mol. The first-order chi connectivity index (χ1) is 14.9. The van der Waals surface area contributed by atoms with Gasteiger partial charge in [0, 0.05) is 49.9 Å². The molecule has 0 bridgehead atoms. The predicted octanol–water partition coefficient (Wildman–Crippen LogP) is 2.56. The van der Waals surface area contributed by atoms with Crippen molar-refractivity contribution >= 4 is 17.5 Å². The van der Waals surface area contributed by atoms with Gasteiger partial charge in [-0.15, -0.1) is 0 Å². The van der Waals surface area contributed by atoms with Crippen molar-refractivity contribution in [3.63, 3.8) is 0 Å². The van der Waals surface area contributed by atoms with E-state index in [2.05, 4.69) is 21.3 Å². The van der Waals surface area contributed by atoms with Crippen LogP contribution in [0, 0.1) is 28.6 Å². The number of carbonyl (C=O) groups is 2. The van der Waals surface area contributed by atoms with Crippen LogP contribution in [0.2, 0.25) is 0 Å². The van der Waals surface area contributed by atoms with Crippen LogP contribution in [0.15, 0.2) is 42.7 Å². The Labute approximate surface area is 181 Å². The summed E-state index contributed by atoms with van der Waals surface area (Å²) < 4.78 is 0. The Kier molecular flexibility index (Phi) is 6.84. The SMILES string of the molecule is CC(NC(=O)N1CCN(c2cnccc2C#N)CC1)C(C)C(=O)c1ccc(C#N)cc1. The highest BCUT2D eigenvalue weighted by molar-refractivity contribution is 5.98. The second-order valence-electron chi connectivity index (χ2n) is 7.56. The zero-order valence-electron chi connectivity index (χ0n) is 17.6. The van der Waals surface area contributed by atoms with E-state index in [0.29, 0.717) is 42.9 Å². The highest BCUT2D eigenvalue weighted by Gasteiger charge is 2.27. The number of nitrogens with one attached hydrogen (secondary N) is 1. The Bertz CT molecular complexity index is 1030. The quantitative estimate of drug-likeness (QED) is 0.750. The smallest absolute Gasteiger partial charge is 0.317 e. The van der Waals surface area contributed by atoms with Crippen molar-refractivity contribution in [1.29, 1.82) is 10.5 Å². The Hall–Kier alpha value is -3.91. The van der Waals surface area contributed by atoms with Gasteiger partial charge in [0.05, 0.1) is 29.1 Å². The number of carbonyl (C=O) groups excluding carboxylic acids is 2. The van der Waals surface area contributed by atoms with Crippen molar-refractivity contribution in [3.8, 4) is 12.1 Å². The van der Waals surface area contributed by atoms with Crippen molar-refractivity contribution in [2.75, 3.05) is 31.1 Å². The van der Waals surface area contributed by atoms with Gasteiger partial charge in [0.15, 0.2) is 5.78 Å². The lowest BCUT2D eigenvalue weighted by Crippen LogP contribution is -2.54. The van der Waals surface area contributed by atoms with Gasteiger partial charge in [0.25, 0.3) is 0 Å². The summed E-state index contributed by atoms with van der Waals surface area (Å²) in [7, 11) is 0. The minimum atomic E-state index is -0.410. The summed E-state index contributed by atoms with van der Waals surface area (Å²) in [6.45, 7) is 5.82. The molecule has 2 heterocycles. The number of nitrogens with zero attached hydrogens (tertiary/aromatic N) is 5. The van der Waals surface area contributed by atoms with Crippen molar-refractivity contribution in [3.05, 3.63) is 59.4 Å². The van der Waals surface area contributed by atoms with Crippen LogP contribution >= 0.6 is 0 Å². The van der Waals surface area contributed by atoms with Crippen LogP contribution in [-0.2, 0) is 0 Å². The van der Waals surface area contributed by atoms with Gasteiger partial charge in [-0.25, -0.2) is 4.79 Å². The van der Waals surface area contributed by atoms with E-state index in [0.717, 1.165) is 5.69 Å². The lowest BCUT2D eigenvalue weighted by Gasteiger charge is -2.37. The normalized spacial score (nSPS) is 15.4. The number of amides is 2. The summed E-state index contributed by atoms with van der Waals surface area (Å²) in [4.78, 5) is 33.3. The Morgan fingerprint density at radius 2 is 1.71 bits per heavy atom. The lowest BCUT2D eigenvalue weighted by molar-refractivity contribution is 0.0907. The molecule has 0 saturated carbocycles. The third-order valence-corrected chi connectivity index (χ3v) is 5.64. The fourth-order valence-electron chi connectivity index (χ4n) is 3.49. The van der Waals surface area contributed by atoms with Gasteiger partial charge in [0.1, 0.15) is 6.07 Å². The van der Waals surface area contributed by atoms with Crippen LogP contribution < -0.4 is 10.2 Å². The number of hydrogen-bond donors (Lipinski definition) is 1. The van der Waals surface area contributed by atoms with E-state index in [-0.39, 0.29) is 17.9 Å². The van der Waals surface area contributed by atoms with Crippen molar-refractivity contribution in [1.82, 2.24) is 15.2 Å². The zero-order chi connectivity index (χ0) is 22.4. The first-order valence-electron chi connectivity index (χ1n) is 10.1. The summed E-state index contributed by atoms with van der Waals surface area (Å²) in [5.74, 6) is -0.491. The number of ketones is 1. The maximum absolute atomic E-state index is 12.7. The predicted molar refractivity (Wildman–Crippen MR) is 115 cm³/mol. The molecule has 1 fully saturated rings. The van der Waals surface area contributed by atoms with E-state index in [1.165, 1.54) is 0 Å². The molecular formula is C23H24N6O2. The highest BCUT2D eigenvalue weighted by atomic mass is 16.2. The van der Waals surface area contributed by atoms with E-state index in [1.807, 2.05) is 13.0 Å². The number of nitriles is 2. The zero-order valence-corrected chi connectivity index (χ0v) is 17.6. The van der Waals surface area contributed by atoms with Crippen LogP contribution in [-0.4, -0.2) is 53.9 Å². The minimum absolute atomic E-state index is 0.0808. The lowest BCUT2D eigenvalue weighted by atomic mass is 9.93. The molecule has 0 radical (unpaired) electrons. The molecule has 0 spiro atoms. The maximum Gasteiger partial charge on any atom is 0.317 e. The standard InChI is InChI=1S/C23H24N6O2/c1-16(22(30)19-5-3-18(13-24)4-6-19)17(2)27-23(31)29-11-9-28(10-12-29)21-15-26-8-7-20(21)14-25/h3-8,15-17H,9-12H2,1-2H3,(H,27,31). The van der Waals surface area contributed by atoms with Crippen LogP contribution in [0.25, 0.3) is 0 Å². The molecule has 158 valence electrons. The molecular weight excluding hydrogens is 392 g/mol. The van der Waals surface area contributed by atoms with Gasteiger partial charge in [-0.05, 0) is 25.1 Å². The third-order valence-electron chi connectivity index (χ3n) is 5.64.